The van der Waals surface area contributed by atoms with Gasteiger partial charge in [0.25, 0.3) is 5.91 Å². The van der Waals surface area contributed by atoms with Crippen molar-refractivity contribution >= 4 is 27.7 Å². The molecular weight excluding hydrogens is 592 g/mol. The van der Waals surface area contributed by atoms with Gasteiger partial charge < -0.3 is 25.4 Å². The molecule has 1 saturated heterocycles. The number of aromatic nitrogens is 1. The number of hydrogen-bond acceptors (Lipinski definition) is 6. The highest BCUT2D eigenvalue weighted by Crippen LogP contribution is 2.49. The number of aliphatic hydroxyl groups is 1. The molecule has 0 bridgehead atoms. The number of amides is 1. The van der Waals surface area contributed by atoms with Crippen molar-refractivity contribution in [2.24, 2.45) is 5.92 Å². The van der Waals surface area contributed by atoms with Gasteiger partial charge in [0.15, 0.2) is 0 Å². The van der Waals surface area contributed by atoms with Crippen LogP contribution in [0.15, 0.2) is 71.3 Å². The maximum absolute atomic E-state index is 13.6. The summed E-state index contributed by atoms with van der Waals surface area (Å²) in [7, 11) is 0. The average Bonchev–Trinajstić information content (AvgIpc) is 2.99. The number of pyridine rings is 1. The monoisotopic (exact) mass is 632 g/mol. The van der Waals surface area contributed by atoms with Crippen LogP contribution in [0.5, 0.6) is 5.75 Å². The van der Waals surface area contributed by atoms with E-state index in [1.165, 1.54) is 12.8 Å². The van der Waals surface area contributed by atoms with Crippen LogP contribution in [0, 0.1) is 5.92 Å². The first-order valence-electron chi connectivity index (χ1n) is 15.3. The van der Waals surface area contributed by atoms with E-state index in [0.29, 0.717) is 24.4 Å². The molecule has 8 heteroatoms. The first-order chi connectivity index (χ1) is 20.4. The average molecular weight is 634 g/mol. The molecule has 3 heterocycles. The smallest absolute Gasteiger partial charge is 0.251 e. The predicted molar refractivity (Wildman–Crippen MR) is 169 cm³/mol. The lowest BCUT2D eigenvalue weighted by Gasteiger charge is -2.48. The van der Waals surface area contributed by atoms with E-state index in [0.717, 1.165) is 65.9 Å². The van der Waals surface area contributed by atoms with E-state index in [-0.39, 0.29) is 17.6 Å². The van der Waals surface area contributed by atoms with Gasteiger partial charge in [-0.3, -0.25) is 4.79 Å². The number of benzene rings is 2. The summed E-state index contributed by atoms with van der Waals surface area (Å²) in [6.45, 7) is 4.51. The SMILES string of the molecule is C[C@H]1CCCN(c2cc(C(=O)N[C@@H](Cc3ccccc3)[C@@H](O)CN[C@H]3CC4(CCC4)Oc4ccc(Br)cc43)ccn2)C1. The third-order valence-electron chi connectivity index (χ3n) is 9.16. The molecule has 1 spiro atoms. The van der Waals surface area contributed by atoms with Gasteiger partial charge in [-0.25, -0.2) is 4.98 Å². The maximum Gasteiger partial charge on any atom is 0.251 e. The normalized spacial score (nSPS) is 22.4. The van der Waals surface area contributed by atoms with Gasteiger partial charge in [-0.15, -0.1) is 0 Å². The van der Waals surface area contributed by atoms with Crippen LogP contribution >= 0.6 is 15.9 Å². The van der Waals surface area contributed by atoms with Gasteiger partial charge in [0.2, 0.25) is 0 Å². The fraction of sp³-hybridized carbons (Fsp3) is 0.471. The van der Waals surface area contributed by atoms with Crippen LogP contribution in [0.4, 0.5) is 5.82 Å². The highest BCUT2D eigenvalue weighted by molar-refractivity contribution is 9.10. The number of hydrogen-bond donors (Lipinski definition) is 3. The number of anilines is 1. The molecule has 1 saturated carbocycles. The van der Waals surface area contributed by atoms with Crippen molar-refractivity contribution in [2.75, 3.05) is 24.5 Å². The van der Waals surface area contributed by atoms with Gasteiger partial charge in [0.1, 0.15) is 17.2 Å². The second kappa shape index (κ2) is 12.7. The third kappa shape index (κ3) is 6.66. The number of carbonyl (C=O) groups is 1. The highest BCUT2D eigenvalue weighted by Gasteiger charge is 2.45. The Kier molecular flexibility index (Phi) is 8.84. The Morgan fingerprint density at radius 3 is 2.76 bits per heavy atom. The minimum Gasteiger partial charge on any atom is -0.487 e. The molecule has 7 nitrogen and oxygen atoms in total. The van der Waals surface area contributed by atoms with Crippen LogP contribution in [-0.4, -0.2) is 53.4 Å². The lowest BCUT2D eigenvalue weighted by molar-refractivity contribution is -0.0382. The number of piperidine rings is 1. The maximum atomic E-state index is 13.6. The lowest BCUT2D eigenvalue weighted by Crippen LogP contribution is -2.52. The minimum atomic E-state index is -0.797. The second-order valence-electron chi connectivity index (χ2n) is 12.4. The van der Waals surface area contributed by atoms with Gasteiger partial charge in [0, 0.05) is 53.9 Å². The first kappa shape index (κ1) is 29.1. The summed E-state index contributed by atoms with van der Waals surface area (Å²) in [5, 5.41) is 18.4. The van der Waals surface area contributed by atoms with Gasteiger partial charge >= 0.3 is 0 Å². The van der Waals surface area contributed by atoms with Crippen molar-refractivity contribution in [3.05, 3.63) is 88.0 Å². The Bertz CT molecular complexity index is 1380. The molecule has 2 aliphatic heterocycles. The topological polar surface area (TPSA) is 86.7 Å². The molecule has 0 radical (unpaired) electrons. The van der Waals surface area contributed by atoms with E-state index in [2.05, 4.69) is 49.4 Å². The number of ether oxygens (including phenoxy) is 1. The van der Waals surface area contributed by atoms with Crippen LogP contribution in [0.1, 0.15) is 73.0 Å². The van der Waals surface area contributed by atoms with Crippen molar-refractivity contribution in [1.82, 2.24) is 15.6 Å². The minimum absolute atomic E-state index is 0.0592. The molecule has 4 atom stereocenters. The zero-order chi connectivity index (χ0) is 29.1. The summed E-state index contributed by atoms with van der Waals surface area (Å²) in [6, 6.07) is 19.4. The molecule has 3 aromatic rings. The number of rotatable bonds is 9. The molecule has 1 aliphatic carbocycles. The van der Waals surface area contributed by atoms with Crippen LogP contribution < -0.4 is 20.3 Å². The van der Waals surface area contributed by atoms with E-state index < -0.39 is 12.1 Å². The zero-order valence-electron chi connectivity index (χ0n) is 24.3. The largest absolute Gasteiger partial charge is 0.487 e. The highest BCUT2D eigenvalue weighted by atomic mass is 79.9. The number of halogens is 1. The third-order valence-corrected chi connectivity index (χ3v) is 9.65. The standard InChI is InChI=1S/C34H41BrN4O3/c1-23-7-5-16-39(22-23)32-18-25(12-15-36-32)33(41)38-28(17-24-8-3-2-4-9-24)30(40)21-37-29-20-34(13-6-14-34)42-31-11-10-26(35)19-27(29)31/h2-4,8-12,15,18-19,23,28-30,37,40H,5-7,13-14,16-17,20-22H2,1H3,(H,38,41)/t23-,28-,29-,30-/m0/s1. The van der Waals surface area contributed by atoms with Crippen molar-refractivity contribution in [3.63, 3.8) is 0 Å². The Labute approximate surface area is 257 Å². The number of nitrogens with one attached hydrogen (secondary N) is 2. The Morgan fingerprint density at radius 1 is 1.17 bits per heavy atom. The molecule has 222 valence electrons. The van der Waals surface area contributed by atoms with E-state index in [4.69, 9.17) is 4.74 Å². The Hall–Kier alpha value is -2.94. The van der Waals surface area contributed by atoms with Gasteiger partial charge in [-0.05, 0) is 80.3 Å². The predicted octanol–water partition coefficient (Wildman–Crippen LogP) is 5.82. The van der Waals surface area contributed by atoms with Gasteiger partial charge in [-0.2, -0.15) is 0 Å². The number of fused-ring (bicyclic) bond motifs is 1. The zero-order valence-corrected chi connectivity index (χ0v) is 25.9. The van der Waals surface area contributed by atoms with Crippen LogP contribution in [0.2, 0.25) is 0 Å². The fourth-order valence-corrected chi connectivity index (χ4v) is 7.02. The lowest BCUT2D eigenvalue weighted by atomic mass is 9.73. The van der Waals surface area contributed by atoms with E-state index in [1.54, 1.807) is 12.3 Å². The van der Waals surface area contributed by atoms with Crippen LogP contribution in [0.3, 0.4) is 0 Å². The van der Waals surface area contributed by atoms with E-state index in [1.807, 2.05) is 48.5 Å². The quantitative estimate of drug-likeness (QED) is 0.276. The molecule has 2 fully saturated rings. The summed E-state index contributed by atoms with van der Waals surface area (Å²) in [5.41, 5.74) is 2.61. The van der Waals surface area contributed by atoms with Gasteiger partial charge in [-0.1, -0.05) is 53.2 Å². The summed E-state index contributed by atoms with van der Waals surface area (Å²) >= 11 is 3.61. The van der Waals surface area contributed by atoms with Crippen LogP contribution in [0.25, 0.3) is 0 Å². The summed E-state index contributed by atoms with van der Waals surface area (Å²) in [5.74, 6) is 2.17. The summed E-state index contributed by atoms with van der Waals surface area (Å²) < 4.78 is 7.45. The molecule has 6 rings (SSSR count). The van der Waals surface area contributed by atoms with Crippen molar-refractivity contribution in [2.45, 2.75) is 75.7 Å². The molecule has 3 N–H and O–H groups in total. The molecule has 3 aliphatic rings. The van der Waals surface area contributed by atoms with Gasteiger partial charge in [0.05, 0.1) is 12.1 Å². The number of aliphatic hydroxyl groups excluding tert-OH is 1. The first-order valence-corrected chi connectivity index (χ1v) is 16.1. The summed E-state index contributed by atoms with van der Waals surface area (Å²) in [6.07, 6.45) is 7.96. The second-order valence-corrected chi connectivity index (χ2v) is 13.3. The van der Waals surface area contributed by atoms with Crippen molar-refractivity contribution < 1.29 is 14.6 Å². The van der Waals surface area contributed by atoms with E-state index in [9.17, 15) is 9.90 Å². The molecule has 0 unspecified atom stereocenters. The molecule has 1 amide bonds. The molecule has 42 heavy (non-hydrogen) atoms. The Morgan fingerprint density at radius 2 is 2.00 bits per heavy atom. The van der Waals surface area contributed by atoms with Crippen LogP contribution in [-0.2, 0) is 6.42 Å². The van der Waals surface area contributed by atoms with Crippen molar-refractivity contribution in [3.8, 4) is 5.75 Å². The van der Waals surface area contributed by atoms with Crippen molar-refractivity contribution in [1.29, 1.82) is 0 Å². The van der Waals surface area contributed by atoms with E-state index >= 15 is 0 Å². The number of carbonyl (C=O) groups excluding carboxylic acids is 1. The molecule has 1 aromatic heterocycles. The molecular formula is C34H41BrN4O3. The fourth-order valence-electron chi connectivity index (χ4n) is 6.64. The Balaban J connectivity index is 1.17. The number of nitrogens with zero attached hydrogens (tertiary/aromatic N) is 2. The molecule has 2 aromatic carbocycles. The summed E-state index contributed by atoms with van der Waals surface area (Å²) in [4.78, 5) is 20.4.